The van der Waals surface area contributed by atoms with Gasteiger partial charge in [-0.05, 0) is 42.0 Å². The Kier molecular flexibility index (Phi) is 4.55. The van der Waals surface area contributed by atoms with Crippen LogP contribution in [0.4, 0.5) is 0 Å². The number of nitrogens with two attached hydrogens (primary N) is 1. The van der Waals surface area contributed by atoms with Crippen molar-refractivity contribution in [3.05, 3.63) is 71.4 Å². The Hall–Kier alpha value is -2.54. The Morgan fingerprint density at radius 1 is 1.08 bits per heavy atom. The van der Waals surface area contributed by atoms with Crippen molar-refractivity contribution in [3.8, 4) is 17.1 Å². The minimum atomic E-state index is 0.128. The number of phenolic OH excluding ortho intramolecular Hbond substituents is 1. The Morgan fingerprint density at radius 2 is 1.92 bits per heavy atom. The van der Waals surface area contributed by atoms with Gasteiger partial charge in [-0.1, -0.05) is 41.6 Å². The van der Waals surface area contributed by atoms with Gasteiger partial charge in [-0.2, -0.15) is 0 Å². The van der Waals surface area contributed by atoms with Gasteiger partial charge in [0.2, 0.25) is 0 Å². The van der Waals surface area contributed by atoms with Crippen LogP contribution in [0.25, 0.3) is 17.0 Å². The van der Waals surface area contributed by atoms with E-state index in [4.69, 9.17) is 17.3 Å². The van der Waals surface area contributed by atoms with Crippen LogP contribution < -0.4 is 5.73 Å². The molecule has 0 radical (unpaired) electrons. The molecule has 4 rings (SSSR count). The fourth-order valence-electron chi connectivity index (χ4n) is 2.70. The molecule has 2 aromatic carbocycles. The van der Waals surface area contributed by atoms with E-state index >= 15 is 0 Å². The zero-order valence-electron chi connectivity index (χ0n) is 13.6. The molecule has 130 valence electrons. The first-order valence-electron chi connectivity index (χ1n) is 7.95. The average Bonchev–Trinajstić information content (AvgIpc) is 3.07. The Bertz CT molecular complexity index is 1100. The molecule has 0 bridgehead atoms. The summed E-state index contributed by atoms with van der Waals surface area (Å²) < 4.78 is 1.87. The highest BCUT2D eigenvalue weighted by atomic mass is 35.5. The van der Waals surface area contributed by atoms with Gasteiger partial charge >= 0.3 is 0 Å². The molecule has 7 heteroatoms. The monoisotopic (exact) mass is 382 g/mol. The molecule has 2 aromatic heterocycles. The van der Waals surface area contributed by atoms with Crippen LogP contribution in [0.3, 0.4) is 0 Å². The van der Waals surface area contributed by atoms with Crippen molar-refractivity contribution in [1.82, 2.24) is 14.6 Å². The highest BCUT2D eigenvalue weighted by Crippen LogP contribution is 2.33. The van der Waals surface area contributed by atoms with E-state index in [0.717, 1.165) is 15.4 Å². The van der Waals surface area contributed by atoms with Crippen LogP contribution in [-0.2, 0) is 6.54 Å². The summed E-state index contributed by atoms with van der Waals surface area (Å²) in [7, 11) is 0. The molecule has 0 saturated carbocycles. The van der Waals surface area contributed by atoms with Crippen molar-refractivity contribution in [2.45, 2.75) is 16.3 Å². The van der Waals surface area contributed by atoms with Gasteiger partial charge in [0.25, 0.3) is 0 Å². The van der Waals surface area contributed by atoms with E-state index in [1.165, 1.54) is 0 Å². The fourth-order valence-corrected chi connectivity index (χ4v) is 3.88. The highest BCUT2D eigenvalue weighted by Gasteiger charge is 2.13. The molecule has 2 heterocycles. The Morgan fingerprint density at radius 3 is 2.77 bits per heavy atom. The zero-order valence-corrected chi connectivity index (χ0v) is 15.2. The number of aromatic hydroxyl groups is 1. The third-order valence-electron chi connectivity index (χ3n) is 3.99. The molecule has 0 amide bonds. The van der Waals surface area contributed by atoms with Crippen molar-refractivity contribution in [2.24, 2.45) is 5.73 Å². The molecular weight excluding hydrogens is 368 g/mol. The van der Waals surface area contributed by atoms with Crippen molar-refractivity contribution in [3.63, 3.8) is 0 Å². The number of phenols is 1. The molecule has 0 aliphatic rings. The van der Waals surface area contributed by atoms with Gasteiger partial charge < -0.3 is 10.8 Å². The van der Waals surface area contributed by atoms with Crippen LogP contribution in [0.1, 0.15) is 5.56 Å². The summed E-state index contributed by atoms with van der Waals surface area (Å²) >= 11 is 7.92. The normalized spacial score (nSPS) is 11.2. The van der Waals surface area contributed by atoms with E-state index in [1.807, 2.05) is 40.9 Å². The second-order valence-corrected chi connectivity index (χ2v) is 7.22. The number of aromatic nitrogens is 3. The first-order valence-corrected chi connectivity index (χ1v) is 9.14. The van der Waals surface area contributed by atoms with E-state index in [9.17, 15) is 5.11 Å². The predicted molar refractivity (Wildman–Crippen MR) is 104 cm³/mol. The Labute approximate surface area is 159 Å². The molecule has 0 fully saturated rings. The van der Waals surface area contributed by atoms with Crippen LogP contribution in [-0.4, -0.2) is 19.7 Å². The maximum Gasteiger partial charge on any atom is 0.170 e. The molecule has 4 aromatic rings. The van der Waals surface area contributed by atoms with Gasteiger partial charge in [-0.15, -0.1) is 10.2 Å². The van der Waals surface area contributed by atoms with E-state index < -0.39 is 0 Å². The van der Waals surface area contributed by atoms with Gasteiger partial charge in [0, 0.05) is 28.1 Å². The number of pyridine rings is 1. The topological polar surface area (TPSA) is 76.4 Å². The van der Waals surface area contributed by atoms with Crippen LogP contribution in [0.2, 0.25) is 5.02 Å². The first-order chi connectivity index (χ1) is 12.7. The summed E-state index contributed by atoms with van der Waals surface area (Å²) in [5, 5.41) is 18.7. The van der Waals surface area contributed by atoms with Crippen molar-refractivity contribution in [1.29, 1.82) is 0 Å². The lowest BCUT2D eigenvalue weighted by molar-refractivity contribution is 0.475. The summed E-state index contributed by atoms with van der Waals surface area (Å²) in [6.45, 7) is 0.488. The molecule has 0 spiro atoms. The Balaban J connectivity index is 1.79. The number of hydrogen-bond acceptors (Lipinski definition) is 5. The van der Waals surface area contributed by atoms with Crippen LogP contribution in [0, 0.1) is 0 Å². The van der Waals surface area contributed by atoms with Gasteiger partial charge in [0.15, 0.2) is 11.5 Å². The second-order valence-electron chi connectivity index (χ2n) is 5.69. The lowest BCUT2D eigenvalue weighted by atomic mass is 10.2. The van der Waals surface area contributed by atoms with Gasteiger partial charge in [0.1, 0.15) is 5.75 Å². The summed E-state index contributed by atoms with van der Waals surface area (Å²) in [5.74, 6) is 0.707. The van der Waals surface area contributed by atoms with E-state index in [-0.39, 0.29) is 5.75 Å². The molecule has 0 atom stereocenters. The molecule has 3 N–H and O–H groups in total. The SMILES string of the molecule is NCc1ccccc1Sc1ccc2nnc(-c3cc(O)ccc3Cl)n2c1. The largest absolute Gasteiger partial charge is 0.508 e. The average molecular weight is 383 g/mol. The minimum absolute atomic E-state index is 0.128. The predicted octanol–water partition coefficient (Wildman–Crippen LogP) is 4.37. The summed E-state index contributed by atoms with van der Waals surface area (Å²) in [6.07, 6.45) is 1.96. The number of rotatable bonds is 4. The zero-order chi connectivity index (χ0) is 18.1. The van der Waals surface area contributed by atoms with E-state index in [1.54, 1.807) is 30.0 Å². The maximum atomic E-state index is 9.78. The highest BCUT2D eigenvalue weighted by molar-refractivity contribution is 7.99. The number of hydrogen-bond donors (Lipinski definition) is 2. The van der Waals surface area contributed by atoms with Gasteiger partial charge in [0.05, 0.1) is 5.02 Å². The molecule has 26 heavy (non-hydrogen) atoms. The van der Waals surface area contributed by atoms with Crippen LogP contribution >= 0.6 is 23.4 Å². The molecule has 0 saturated heterocycles. The van der Waals surface area contributed by atoms with Crippen molar-refractivity contribution < 1.29 is 5.11 Å². The van der Waals surface area contributed by atoms with E-state index in [2.05, 4.69) is 16.3 Å². The molecule has 0 aliphatic heterocycles. The number of fused-ring (bicyclic) bond motifs is 1. The van der Waals surface area contributed by atoms with Gasteiger partial charge in [-0.3, -0.25) is 4.40 Å². The summed E-state index contributed by atoms with van der Waals surface area (Å²) in [5.41, 5.74) is 8.26. The standard InChI is InChI=1S/C19H15ClN4OS/c20-16-7-5-13(25)9-15(16)19-23-22-18-8-6-14(11-24(18)19)26-17-4-2-1-3-12(17)10-21/h1-9,11,25H,10,21H2. The summed E-state index contributed by atoms with van der Waals surface area (Å²) in [6, 6.07) is 16.7. The molecule has 0 unspecified atom stereocenters. The van der Waals surface area contributed by atoms with Crippen molar-refractivity contribution >= 4 is 29.0 Å². The number of nitrogens with zero attached hydrogens (tertiary/aromatic N) is 3. The quantitative estimate of drug-likeness (QED) is 0.548. The molecular formula is C19H15ClN4OS. The summed E-state index contributed by atoms with van der Waals surface area (Å²) in [4.78, 5) is 2.13. The van der Waals surface area contributed by atoms with Crippen molar-refractivity contribution in [2.75, 3.05) is 0 Å². The van der Waals surface area contributed by atoms with Crippen LogP contribution in [0.5, 0.6) is 5.75 Å². The third kappa shape index (κ3) is 3.14. The first kappa shape index (κ1) is 16.9. The fraction of sp³-hybridized carbons (Fsp3) is 0.0526. The lowest BCUT2D eigenvalue weighted by Crippen LogP contribution is -1.97. The third-order valence-corrected chi connectivity index (χ3v) is 5.41. The number of halogens is 1. The molecule has 5 nitrogen and oxygen atoms in total. The lowest BCUT2D eigenvalue weighted by Gasteiger charge is -2.08. The van der Waals surface area contributed by atoms with Gasteiger partial charge in [-0.25, -0.2) is 0 Å². The minimum Gasteiger partial charge on any atom is -0.508 e. The smallest absolute Gasteiger partial charge is 0.170 e. The second kappa shape index (κ2) is 6.99. The van der Waals surface area contributed by atoms with Crippen LogP contribution in [0.15, 0.2) is 70.6 Å². The van der Waals surface area contributed by atoms with E-state index in [0.29, 0.717) is 28.6 Å². The maximum absolute atomic E-state index is 9.78. The molecule has 0 aliphatic carbocycles. The number of benzene rings is 2.